The number of aliphatic carboxylic acids is 1. The van der Waals surface area contributed by atoms with Gasteiger partial charge in [0.1, 0.15) is 0 Å². The van der Waals surface area contributed by atoms with Gasteiger partial charge < -0.3 is 21.7 Å². The molecule has 6 heteroatoms. The van der Waals surface area contributed by atoms with E-state index in [-0.39, 0.29) is 25.0 Å². The van der Waals surface area contributed by atoms with Crippen molar-refractivity contribution in [1.29, 1.82) is 0 Å². The molecule has 0 saturated carbocycles. The van der Waals surface area contributed by atoms with Crippen molar-refractivity contribution in [3.63, 3.8) is 0 Å². The summed E-state index contributed by atoms with van der Waals surface area (Å²) in [5.74, 6) is -0.914. The molecule has 0 aliphatic heterocycles. The number of aliphatic imine (C=N–C) groups is 1. The smallest absolute Gasteiger partial charge is 0.328 e. The van der Waals surface area contributed by atoms with E-state index in [9.17, 15) is 4.79 Å². The third-order valence-electron chi connectivity index (χ3n) is 4.64. The summed E-state index contributed by atoms with van der Waals surface area (Å²) in [6.45, 7) is 2.55. The number of hydrogen-bond acceptors (Lipinski definition) is 3. The molecule has 6 N–H and O–H groups in total. The predicted octanol–water partition coefficient (Wildman–Crippen LogP) is 3.58. The first-order valence-electron chi connectivity index (χ1n) is 10.1. The molecule has 0 bridgehead atoms. The Morgan fingerprint density at radius 2 is 1.50 bits per heavy atom. The van der Waals surface area contributed by atoms with Crippen molar-refractivity contribution in [3.05, 3.63) is 11.6 Å². The molecule has 26 heavy (non-hydrogen) atoms. The molecule has 0 amide bonds. The first kappa shape index (κ1) is 24.4. The third-order valence-corrected chi connectivity index (χ3v) is 4.64. The van der Waals surface area contributed by atoms with E-state index in [1.165, 1.54) is 51.0 Å². The largest absolute Gasteiger partial charge is 0.478 e. The predicted molar refractivity (Wildman–Crippen MR) is 108 cm³/mol. The molecule has 0 fully saturated rings. The lowest BCUT2D eigenvalue weighted by Crippen LogP contribution is -2.24. The van der Waals surface area contributed by atoms with Crippen LogP contribution in [0.4, 0.5) is 0 Å². The number of nitrogens with zero attached hydrogens (tertiary/aromatic N) is 1. The maximum Gasteiger partial charge on any atom is 0.328 e. The molecule has 152 valence electrons. The number of aliphatic hydroxyl groups is 1. The summed E-state index contributed by atoms with van der Waals surface area (Å²) < 4.78 is 0. The summed E-state index contributed by atoms with van der Waals surface area (Å²) >= 11 is 0. The topological polar surface area (TPSA) is 122 Å². The minimum absolute atomic E-state index is 0.0368. The van der Waals surface area contributed by atoms with E-state index in [4.69, 9.17) is 21.7 Å². The number of rotatable bonds is 17. The molecule has 0 aliphatic carbocycles. The minimum atomic E-state index is -0.980. The van der Waals surface area contributed by atoms with Gasteiger partial charge in [0, 0.05) is 12.7 Å². The number of carbonyl (C=O) groups is 1. The second-order valence-electron chi connectivity index (χ2n) is 6.98. The average Bonchev–Trinajstić information content (AvgIpc) is 2.59. The molecule has 1 atom stereocenters. The minimum Gasteiger partial charge on any atom is -0.478 e. The van der Waals surface area contributed by atoms with Crippen molar-refractivity contribution in [3.8, 4) is 0 Å². The van der Waals surface area contributed by atoms with Crippen molar-refractivity contribution < 1.29 is 15.0 Å². The van der Waals surface area contributed by atoms with Crippen LogP contribution in [-0.2, 0) is 4.79 Å². The third kappa shape index (κ3) is 14.8. The fraction of sp³-hybridized carbons (Fsp3) is 0.800. The van der Waals surface area contributed by atoms with Gasteiger partial charge in [0.25, 0.3) is 0 Å². The van der Waals surface area contributed by atoms with E-state index >= 15 is 0 Å². The highest BCUT2D eigenvalue weighted by molar-refractivity contribution is 5.81. The lowest BCUT2D eigenvalue weighted by atomic mass is 9.88. The molecule has 6 nitrogen and oxygen atoms in total. The van der Waals surface area contributed by atoms with E-state index in [2.05, 4.69) is 11.9 Å². The van der Waals surface area contributed by atoms with Gasteiger partial charge in [-0.3, -0.25) is 0 Å². The zero-order chi connectivity index (χ0) is 19.6. The number of hydrogen-bond donors (Lipinski definition) is 4. The Balaban J connectivity index is 4.38. The second-order valence-corrected chi connectivity index (χ2v) is 6.98. The van der Waals surface area contributed by atoms with Crippen LogP contribution in [0, 0.1) is 5.92 Å². The molecule has 0 heterocycles. The Morgan fingerprint density at radius 1 is 0.962 bits per heavy atom. The zero-order valence-corrected chi connectivity index (χ0v) is 16.5. The molecule has 0 aromatic rings. The van der Waals surface area contributed by atoms with Crippen LogP contribution in [0.25, 0.3) is 0 Å². The first-order chi connectivity index (χ1) is 12.5. The first-order valence-corrected chi connectivity index (χ1v) is 10.1. The van der Waals surface area contributed by atoms with Gasteiger partial charge in [0.05, 0.1) is 6.54 Å². The van der Waals surface area contributed by atoms with E-state index in [0.717, 1.165) is 31.3 Å². The summed E-state index contributed by atoms with van der Waals surface area (Å²) in [5.41, 5.74) is 11.5. The van der Waals surface area contributed by atoms with Crippen LogP contribution >= 0.6 is 0 Å². The molecule has 0 saturated heterocycles. The number of aliphatic hydroxyl groups excluding tert-OH is 1. The van der Waals surface area contributed by atoms with Crippen LogP contribution in [0.5, 0.6) is 0 Å². The Morgan fingerprint density at radius 3 is 2.00 bits per heavy atom. The maximum atomic E-state index is 11.1. The van der Waals surface area contributed by atoms with Gasteiger partial charge >= 0.3 is 5.97 Å². The summed E-state index contributed by atoms with van der Waals surface area (Å²) in [4.78, 5) is 15.1. The highest BCUT2D eigenvalue weighted by atomic mass is 16.4. The van der Waals surface area contributed by atoms with Crippen LogP contribution in [0.3, 0.4) is 0 Å². The van der Waals surface area contributed by atoms with Crippen molar-refractivity contribution >= 4 is 11.9 Å². The summed E-state index contributed by atoms with van der Waals surface area (Å²) in [6, 6.07) is 0. The van der Waals surface area contributed by atoms with Gasteiger partial charge in [-0.05, 0) is 30.8 Å². The van der Waals surface area contributed by atoms with Gasteiger partial charge in [0.15, 0.2) is 5.96 Å². The Labute approximate surface area is 158 Å². The van der Waals surface area contributed by atoms with Gasteiger partial charge in [-0.15, -0.1) is 0 Å². The van der Waals surface area contributed by atoms with Gasteiger partial charge in [0.2, 0.25) is 0 Å². The van der Waals surface area contributed by atoms with E-state index in [1.807, 2.05) is 0 Å². The molecule has 0 rings (SSSR count). The maximum absolute atomic E-state index is 11.1. The number of unbranched alkanes of at least 4 members (excludes halogenated alkanes) is 8. The van der Waals surface area contributed by atoms with Crippen LogP contribution < -0.4 is 11.5 Å². The van der Waals surface area contributed by atoms with Crippen molar-refractivity contribution in [1.82, 2.24) is 0 Å². The second kappa shape index (κ2) is 16.9. The molecular weight excluding hydrogens is 330 g/mol. The van der Waals surface area contributed by atoms with E-state index in [1.54, 1.807) is 0 Å². The molecule has 0 aliphatic rings. The monoisotopic (exact) mass is 369 g/mol. The zero-order valence-electron chi connectivity index (χ0n) is 16.5. The number of guanidine groups is 1. The van der Waals surface area contributed by atoms with Gasteiger partial charge in [-0.25, -0.2) is 9.79 Å². The molecule has 1 unspecified atom stereocenters. The Hall–Kier alpha value is -1.56. The van der Waals surface area contributed by atoms with Crippen molar-refractivity contribution in [2.75, 3.05) is 13.2 Å². The molecular formula is C20H39N3O3. The quantitative estimate of drug-likeness (QED) is 0.135. The number of carboxylic acid groups (broad SMARTS) is 1. The SMILES string of the molecule is CCCCCCCCCCCC(CCCO)C(=CC(=O)O)CN=C(N)N. The van der Waals surface area contributed by atoms with E-state index in [0.29, 0.717) is 6.42 Å². The molecule has 0 spiro atoms. The standard InChI is InChI=1S/C20H39N3O3/c1-2-3-4-5-6-7-8-9-10-12-17(13-11-14-24)18(15-19(25)26)16-23-20(21)22/h15,17,24H,2-14,16H2,1H3,(H,25,26)(H4,21,22,23). The summed E-state index contributed by atoms with van der Waals surface area (Å²) in [5, 5.41) is 18.2. The van der Waals surface area contributed by atoms with E-state index < -0.39 is 5.97 Å². The molecule has 0 radical (unpaired) electrons. The molecule has 0 aromatic carbocycles. The average molecular weight is 370 g/mol. The van der Waals surface area contributed by atoms with Gasteiger partial charge in [-0.1, -0.05) is 64.7 Å². The Bertz CT molecular complexity index is 419. The fourth-order valence-electron chi connectivity index (χ4n) is 3.19. The molecule has 0 aromatic heterocycles. The summed E-state index contributed by atoms with van der Waals surface area (Å²) in [7, 11) is 0. The number of carboxylic acids is 1. The lowest BCUT2D eigenvalue weighted by molar-refractivity contribution is -0.131. The van der Waals surface area contributed by atoms with Crippen molar-refractivity contribution in [2.45, 2.75) is 84.0 Å². The summed E-state index contributed by atoms with van der Waals surface area (Å²) in [6.07, 6.45) is 14.9. The van der Waals surface area contributed by atoms with Crippen LogP contribution in [-0.4, -0.2) is 35.3 Å². The van der Waals surface area contributed by atoms with Crippen LogP contribution in [0.15, 0.2) is 16.6 Å². The number of nitrogens with two attached hydrogens (primary N) is 2. The van der Waals surface area contributed by atoms with Crippen LogP contribution in [0.2, 0.25) is 0 Å². The van der Waals surface area contributed by atoms with Crippen molar-refractivity contribution in [2.24, 2.45) is 22.4 Å². The van der Waals surface area contributed by atoms with Gasteiger partial charge in [-0.2, -0.15) is 0 Å². The van der Waals surface area contributed by atoms with Crippen LogP contribution in [0.1, 0.15) is 84.0 Å². The normalized spacial score (nSPS) is 12.8. The lowest BCUT2D eigenvalue weighted by Gasteiger charge is -2.19. The highest BCUT2D eigenvalue weighted by Gasteiger charge is 2.15. The highest BCUT2D eigenvalue weighted by Crippen LogP contribution is 2.25. The fourth-order valence-corrected chi connectivity index (χ4v) is 3.19. The Kier molecular flexibility index (Phi) is 15.9.